The summed E-state index contributed by atoms with van der Waals surface area (Å²) in [7, 11) is 0. The Kier molecular flexibility index (Phi) is 10.5. The summed E-state index contributed by atoms with van der Waals surface area (Å²) in [5.41, 5.74) is 3.86. The van der Waals surface area contributed by atoms with Gasteiger partial charge in [-0.05, 0) is 72.8 Å². The molecule has 0 radical (unpaired) electrons. The Morgan fingerprint density at radius 3 is 0.708 bits per heavy atom. The predicted octanol–water partition coefficient (Wildman–Crippen LogP) is 6.13. The maximum absolute atomic E-state index is 4.52. The molecule has 12 heteroatoms. The molecule has 12 nitrogen and oxygen atoms in total. The van der Waals surface area contributed by atoms with E-state index in [4.69, 9.17) is 0 Å². The average Bonchev–Trinajstić information content (AvgIpc) is 3.20. The van der Waals surface area contributed by atoms with Crippen LogP contribution < -0.4 is 0 Å². The molecular formula is C36H26N12. The second kappa shape index (κ2) is 16.3. The molecule has 8 heterocycles. The van der Waals surface area contributed by atoms with Gasteiger partial charge in [0.25, 0.3) is 0 Å². The largest absolute Gasteiger partial charge is 0.255 e. The number of hydrogen-bond acceptors (Lipinski definition) is 12. The van der Waals surface area contributed by atoms with Crippen LogP contribution >= 0.6 is 0 Å². The molecule has 8 aromatic heterocycles. The van der Waals surface area contributed by atoms with Gasteiger partial charge >= 0.3 is 0 Å². The summed E-state index contributed by atoms with van der Waals surface area (Å²) in [6.07, 6.45) is 15.3. The van der Waals surface area contributed by atoms with Gasteiger partial charge in [0.2, 0.25) is 0 Å². The molecule has 0 amide bonds. The molecule has 0 N–H and O–H groups in total. The van der Waals surface area contributed by atoms with Crippen molar-refractivity contribution in [2.45, 2.75) is 0 Å². The Balaban J connectivity index is 0.000000140. The molecule has 0 saturated heterocycles. The van der Waals surface area contributed by atoms with Gasteiger partial charge in [-0.3, -0.25) is 24.9 Å². The fraction of sp³-hybridized carbons (Fsp3) is 0. The van der Waals surface area contributed by atoms with Gasteiger partial charge in [0, 0.05) is 55.8 Å². The van der Waals surface area contributed by atoms with E-state index in [1.165, 1.54) is 0 Å². The lowest BCUT2D eigenvalue weighted by Crippen LogP contribution is -2.02. The van der Waals surface area contributed by atoms with E-state index < -0.39 is 0 Å². The molecule has 230 valence electrons. The maximum Gasteiger partial charge on any atom is 0.197 e. The van der Waals surface area contributed by atoms with Crippen molar-refractivity contribution in [3.8, 4) is 57.6 Å². The zero-order chi connectivity index (χ0) is 32.6. The summed E-state index contributed by atoms with van der Waals surface area (Å²) in [5.74, 6) is 2.59. The Morgan fingerprint density at radius 2 is 0.458 bits per heavy atom. The molecule has 0 fully saturated rings. The molecule has 48 heavy (non-hydrogen) atoms. The van der Waals surface area contributed by atoms with Gasteiger partial charge in [-0.25, -0.2) is 34.9 Å². The zero-order valence-electron chi connectivity index (χ0n) is 25.4. The fourth-order valence-corrected chi connectivity index (χ4v) is 4.06. The van der Waals surface area contributed by atoms with Crippen LogP contribution in [-0.2, 0) is 0 Å². The lowest BCUT2D eigenvalue weighted by Gasteiger charge is -2.06. The highest BCUT2D eigenvalue weighted by Crippen LogP contribution is 2.21. The Bertz CT molecular complexity index is 1800. The van der Waals surface area contributed by atoms with Crippen molar-refractivity contribution in [1.82, 2.24) is 59.8 Å². The average molecular weight is 627 g/mol. The highest BCUT2D eigenvalue weighted by atomic mass is 15.1. The summed E-state index contributed by atoms with van der Waals surface area (Å²) in [4.78, 5) is 51.0. The smallest absolute Gasteiger partial charge is 0.197 e. The Morgan fingerprint density at radius 1 is 0.208 bits per heavy atom. The van der Waals surface area contributed by atoms with E-state index in [-0.39, 0.29) is 0 Å². The van der Waals surface area contributed by atoms with E-state index in [1.807, 2.05) is 91.0 Å². The highest BCUT2D eigenvalue weighted by molar-refractivity contribution is 5.61. The number of pyridine rings is 5. The van der Waals surface area contributed by atoms with Crippen LogP contribution in [0.5, 0.6) is 0 Å². The van der Waals surface area contributed by atoms with Crippen molar-refractivity contribution in [1.29, 1.82) is 0 Å². The van der Waals surface area contributed by atoms with E-state index in [0.29, 0.717) is 46.2 Å². The lowest BCUT2D eigenvalue weighted by molar-refractivity contribution is 1.03. The van der Waals surface area contributed by atoms with E-state index in [0.717, 1.165) is 11.4 Å². The van der Waals surface area contributed by atoms with Crippen LogP contribution in [0.2, 0.25) is 0 Å². The molecule has 0 aliphatic rings. The zero-order valence-corrected chi connectivity index (χ0v) is 25.4. The summed E-state index contributed by atoms with van der Waals surface area (Å²) in [6, 6.07) is 31.9. The summed E-state index contributed by atoms with van der Waals surface area (Å²) >= 11 is 0. The van der Waals surface area contributed by atoms with E-state index in [9.17, 15) is 0 Å². The standard InChI is InChI=1S/C18H12N6.C10H8N2.C8H6N4/c1-4-10-19-13(7-1)16-22-17(14-8-2-5-11-20-14)24-18(23-16)15-9-3-6-12-21-15;1-3-7-11-9(5-1)10-6-2-4-8-12-10;1-3-9-7(10-4-1)8-11-5-2-6-12-8/h1-12H;1-8H;1-6H. The minimum atomic E-state index is 0.493. The molecule has 0 saturated carbocycles. The van der Waals surface area contributed by atoms with Gasteiger partial charge < -0.3 is 0 Å². The maximum atomic E-state index is 4.52. The van der Waals surface area contributed by atoms with Crippen molar-refractivity contribution in [3.63, 3.8) is 0 Å². The third-order valence-corrected chi connectivity index (χ3v) is 6.24. The van der Waals surface area contributed by atoms with Gasteiger partial charge in [0.1, 0.15) is 17.1 Å². The minimum absolute atomic E-state index is 0.493. The van der Waals surface area contributed by atoms with Gasteiger partial charge in [-0.15, -0.1) is 0 Å². The van der Waals surface area contributed by atoms with Crippen LogP contribution in [-0.4, -0.2) is 59.8 Å². The highest BCUT2D eigenvalue weighted by Gasteiger charge is 2.13. The molecule has 0 aromatic carbocycles. The number of nitrogens with zero attached hydrogens (tertiary/aromatic N) is 12. The third-order valence-electron chi connectivity index (χ3n) is 6.24. The Labute approximate surface area is 275 Å². The molecule has 0 bridgehead atoms. The quantitative estimate of drug-likeness (QED) is 0.216. The van der Waals surface area contributed by atoms with E-state index in [1.54, 1.807) is 67.9 Å². The monoisotopic (exact) mass is 626 g/mol. The number of rotatable bonds is 5. The molecule has 0 spiro atoms. The first-order chi connectivity index (χ1) is 23.8. The van der Waals surface area contributed by atoms with Gasteiger partial charge in [0.15, 0.2) is 29.1 Å². The van der Waals surface area contributed by atoms with Crippen molar-refractivity contribution in [2.75, 3.05) is 0 Å². The minimum Gasteiger partial charge on any atom is -0.255 e. The van der Waals surface area contributed by atoms with Gasteiger partial charge in [-0.2, -0.15) is 0 Å². The second-order valence-corrected chi connectivity index (χ2v) is 9.53. The van der Waals surface area contributed by atoms with Gasteiger partial charge in [-0.1, -0.05) is 30.3 Å². The van der Waals surface area contributed by atoms with Crippen molar-refractivity contribution < 1.29 is 0 Å². The van der Waals surface area contributed by atoms with Gasteiger partial charge in [0.05, 0.1) is 11.4 Å². The topological polar surface area (TPSA) is 155 Å². The molecule has 8 rings (SSSR count). The molecular weight excluding hydrogens is 600 g/mol. The molecule has 0 aliphatic carbocycles. The molecule has 0 atom stereocenters. The van der Waals surface area contributed by atoms with Crippen molar-refractivity contribution in [2.24, 2.45) is 0 Å². The van der Waals surface area contributed by atoms with E-state index in [2.05, 4.69) is 59.8 Å². The Hall–Kier alpha value is -7.08. The van der Waals surface area contributed by atoms with E-state index >= 15 is 0 Å². The SMILES string of the molecule is c1ccc(-c2ccccn2)nc1.c1ccc(-c2nc(-c3ccccn3)nc(-c3ccccn3)n2)nc1.c1cnc(-c2ncccn2)nc1. The predicted molar refractivity (Wildman–Crippen MR) is 180 cm³/mol. The first kappa shape index (κ1) is 30.9. The first-order valence-electron chi connectivity index (χ1n) is 14.7. The molecule has 0 aliphatic heterocycles. The number of hydrogen-bond donors (Lipinski definition) is 0. The van der Waals surface area contributed by atoms with Crippen LogP contribution in [0, 0.1) is 0 Å². The number of aromatic nitrogens is 12. The van der Waals surface area contributed by atoms with Crippen LogP contribution in [0.25, 0.3) is 57.6 Å². The summed E-state index contributed by atoms with van der Waals surface area (Å²) in [5, 5.41) is 0. The molecule has 0 unspecified atom stereocenters. The van der Waals surface area contributed by atoms with Crippen LogP contribution in [0.15, 0.2) is 159 Å². The van der Waals surface area contributed by atoms with Crippen molar-refractivity contribution in [3.05, 3.63) is 159 Å². The van der Waals surface area contributed by atoms with Crippen LogP contribution in [0.4, 0.5) is 0 Å². The molecule has 8 aromatic rings. The van der Waals surface area contributed by atoms with Crippen LogP contribution in [0.3, 0.4) is 0 Å². The van der Waals surface area contributed by atoms with Crippen LogP contribution in [0.1, 0.15) is 0 Å². The lowest BCUT2D eigenvalue weighted by atomic mass is 10.2. The third kappa shape index (κ3) is 8.55. The summed E-state index contributed by atoms with van der Waals surface area (Å²) < 4.78 is 0. The first-order valence-corrected chi connectivity index (χ1v) is 14.7. The normalized spacial score (nSPS) is 10.1. The summed E-state index contributed by atoms with van der Waals surface area (Å²) in [6.45, 7) is 0. The second-order valence-electron chi connectivity index (χ2n) is 9.53. The fourth-order valence-electron chi connectivity index (χ4n) is 4.06. The van der Waals surface area contributed by atoms with Crippen molar-refractivity contribution >= 4 is 0 Å².